The van der Waals surface area contributed by atoms with Crippen LogP contribution in [0.3, 0.4) is 0 Å². The summed E-state index contributed by atoms with van der Waals surface area (Å²) in [5, 5.41) is 5.45. The van der Waals surface area contributed by atoms with Gasteiger partial charge in [-0.05, 0) is 51.0 Å². The van der Waals surface area contributed by atoms with Crippen LogP contribution in [0.4, 0.5) is 0 Å². The van der Waals surface area contributed by atoms with Gasteiger partial charge in [0.25, 0.3) is 5.91 Å². The summed E-state index contributed by atoms with van der Waals surface area (Å²) in [6, 6.07) is 2.05. The zero-order valence-corrected chi connectivity index (χ0v) is 14.9. The molecule has 5 heteroatoms. The van der Waals surface area contributed by atoms with Gasteiger partial charge in [0.05, 0.1) is 16.6 Å². The standard InChI is InChI=1S/C19H26N4O/c1-12-5-4-9-23(10-8-12)19(24)15-11-16(14-6-7-14)20-18-17(15)13(2)21-22(18)3/h11-12,14H,4-10H2,1-3H3. The van der Waals surface area contributed by atoms with Crippen molar-refractivity contribution in [2.24, 2.45) is 13.0 Å². The number of aromatic nitrogens is 3. The summed E-state index contributed by atoms with van der Waals surface area (Å²) in [4.78, 5) is 20.1. The second-order valence-corrected chi connectivity index (χ2v) is 7.60. The summed E-state index contributed by atoms with van der Waals surface area (Å²) >= 11 is 0. The Morgan fingerprint density at radius 3 is 2.75 bits per heavy atom. The number of aryl methyl sites for hydroxylation is 2. The summed E-state index contributed by atoms with van der Waals surface area (Å²) in [6.07, 6.45) is 5.79. The lowest BCUT2D eigenvalue weighted by Crippen LogP contribution is -2.32. The van der Waals surface area contributed by atoms with E-state index < -0.39 is 0 Å². The number of pyridine rings is 1. The molecule has 2 fully saturated rings. The summed E-state index contributed by atoms with van der Waals surface area (Å²) < 4.78 is 1.82. The van der Waals surface area contributed by atoms with Crippen LogP contribution in [-0.4, -0.2) is 38.7 Å². The van der Waals surface area contributed by atoms with Gasteiger partial charge in [-0.15, -0.1) is 0 Å². The highest BCUT2D eigenvalue weighted by Gasteiger charge is 2.30. The maximum absolute atomic E-state index is 13.3. The van der Waals surface area contributed by atoms with Gasteiger partial charge in [0.1, 0.15) is 0 Å². The predicted octanol–water partition coefficient (Wildman–Crippen LogP) is 3.42. The minimum atomic E-state index is 0.162. The fraction of sp³-hybridized carbons (Fsp3) is 0.632. The molecule has 2 aromatic rings. The molecule has 1 amide bonds. The maximum atomic E-state index is 13.3. The first-order chi connectivity index (χ1) is 11.5. The Labute approximate surface area is 143 Å². The SMILES string of the molecule is Cc1nn(C)c2nc(C3CC3)cc(C(=O)N3CCCC(C)CC3)c12. The van der Waals surface area contributed by atoms with E-state index in [1.54, 1.807) is 0 Å². The average Bonchev–Trinajstić information content (AvgIpc) is 3.37. The molecule has 0 N–H and O–H groups in total. The zero-order valence-electron chi connectivity index (χ0n) is 14.9. The molecular weight excluding hydrogens is 300 g/mol. The van der Waals surface area contributed by atoms with Crippen molar-refractivity contribution in [1.29, 1.82) is 0 Å². The average molecular weight is 326 g/mol. The van der Waals surface area contributed by atoms with Crippen molar-refractivity contribution in [3.05, 3.63) is 23.0 Å². The van der Waals surface area contributed by atoms with E-state index in [0.29, 0.717) is 11.8 Å². The van der Waals surface area contributed by atoms with Crippen molar-refractivity contribution >= 4 is 16.9 Å². The number of hydrogen-bond acceptors (Lipinski definition) is 3. The molecule has 128 valence electrons. The fourth-order valence-corrected chi connectivity index (χ4v) is 3.86. The lowest BCUT2D eigenvalue weighted by Gasteiger charge is -2.21. The van der Waals surface area contributed by atoms with E-state index in [-0.39, 0.29) is 5.91 Å². The summed E-state index contributed by atoms with van der Waals surface area (Å²) in [6.45, 7) is 5.99. The smallest absolute Gasteiger partial charge is 0.254 e. The third-order valence-electron chi connectivity index (χ3n) is 5.52. The molecule has 0 aromatic carbocycles. The number of nitrogens with zero attached hydrogens (tertiary/aromatic N) is 4. The predicted molar refractivity (Wildman–Crippen MR) is 94.1 cm³/mol. The van der Waals surface area contributed by atoms with Gasteiger partial charge >= 0.3 is 0 Å². The summed E-state index contributed by atoms with van der Waals surface area (Å²) in [7, 11) is 1.92. The number of amides is 1. The van der Waals surface area contributed by atoms with Crippen LogP contribution >= 0.6 is 0 Å². The van der Waals surface area contributed by atoms with Gasteiger partial charge in [0.2, 0.25) is 0 Å². The topological polar surface area (TPSA) is 51.0 Å². The van der Waals surface area contributed by atoms with Crippen LogP contribution in [0.25, 0.3) is 11.0 Å². The first-order valence-electron chi connectivity index (χ1n) is 9.18. The molecule has 0 spiro atoms. The second kappa shape index (κ2) is 5.87. The van der Waals surface area contributed by atoms with Crippen molar-refractivity contribution in [1.82, 2.24) is 19.7 Å². The fourth-order valence-electron chi connectivity index (χ4n) is 3.86. The summed E-state index contributed by atoms with van der Waals surface area (Å²) in [5.74, 6) is 1.40. The van der Waals surface area contributed by atoms with E-state index in [4.69, 9.17) is 4.98 Å². The van der Waals surface area contributed by atoms with Gasteiger partial charge in [-0.25, -0.2) is 4.98 Å². The molecule has 0 bridgehead atoms. The molecule has 3 heterocycles. The van der Waals surface area contributed by atoms with Gasteiger partial charge in [0, 0.05) is 31.7 Å². The van der Waals surface area contributed by atoms with Crippen molar-refractivity contribution in [3.63, 3.8) is 0 Å². The van der Waals surface area contributed by atoms with Gasteiger partial charge < -0.3 is 4.90 Å². The first-order valence-corrected chi connectivity index (χ1v) is 9.18. The van der Waals surface area contributed by atoms with Crippen LogP contribution in [0.15, 0.2) is 6.07 Å². The van der Waals surface area contributed by atoms with Crippen molar-refractivity contribution in [2.45, 2.75) is 51.9 Å². The molecule has 2 aliphatic rings. The van der Waals surface area contributed by atoms with Crippen molar-refractivity contribution < 1.29 is 4.79 Å². The Morgan fingerprint density at radius 1 is 1.21 bits per heavy atom. The Balaban J connectivity index is 1.78. The third-order valence-corrected chi connectivity index (χ3v) is 5.52. The molecule has 1 aliphatic carbocycles. The molecule has 24 heavy (non-hydrogen) atoms. The van der Waals surface area contributed by atoms with Gasteiger partial charge in [0.15, 0.2) is 5.65 Å². The normalized spacial score (nSPS) is 22.0. The van der Waals surface area contributed by atoms with Crippen molar-refractivity contribution in [3.8, 4) is 0 Å². The molecule has 2 aromatic heterocycles. The number of hydrogen-bond donors (Lipinski definition) is 0. The number of fused-ring (bicyclic) bond motifs is 1. The number of rotatable bonds is 2. The molecule has 1 saturated carbocycles. The second-order valence-electron chi connectivity index (χ2n) is 7.60. The van der Waals surface area contributed by atoms with Gasteiger partial charge in [-0.1, -0.05) is 6.92 Å². The van der Waals surface area contributed by atoms with E-state index in [1.807, 2.05) is 29.6 Å². The first kappa shape index (κ1) is 15.6. The highest BCUT2D eigenvalue weighted by atomic mass is 16.2. The lowest BCUT2D eigenvalue weighted by atomic mass is 10.0. The Bertz CT molecular complexity index is 790. The van der Waals surface area contributed by atoms with Crippen LogP contribution < -0.4 is 0 Å². The zero-order chi connectivity index (χ0) is 16.8. The van der Waals surface area contributed by atoms with E-state index in [1.165, 1.54) is 19.3 Å². The molecule has 1 aliphatic heterocycles. The number of likely N-dealkylation sites (tertiary alicyclic amines) is 1. The van der Waals surface area contributed by atoms with E-state index in [9.17, 15) is 4.79 Å². The Hall–Kier alpha value is -1.91. The Kier molecular flexibility index (Phi) is 3.82. The molecule has 1 saturated heterocycles. The molecule has 4 rings (SSSR count). The third kappa shape index (κ3) is 2.70. The molecule has 5 nitrogen and oxygen atoms in total. The largest absolute Gasteiger partial charge is 0.339 e. The minimum absolute atomic E-state index is 0.162. The molecule has 1 unspecified atom stereocenters. The molecule has 0 radical (unpaired) electrons. The quantitative estimate of drug-likeness (QED) is 0.850. The Morgan fingerprint density at radius 2 is 2.00 bits per heavy atom. The van der Waals surface area contributed by atoms with Gasteiger partial charge in [-0.3, -0.25) is 9.48 Å². The van der Waals surface area contributed by atoms with E-state index in [2.05, 4.69) is 12.0 Å². The van der Waals surface area contributed by atoms with Crippen LogP contribution in [0.2, 0.25) is 0 Å². The van der Waals surface area contributed by atoms with Crippen molar-refractivity contribution in [2.75, 3.05) is 13.1 Å². The van der Waals surface area contributed by atoms with Crippen LogP contribution in [0.1, 0.15) is 66.7 Å². The number of carbonyl (C=O) groups excluding carboxylic acids is 1. The van der Waals surface area contributed by atoms with Gasteiger partial charge in [-0.2, -0.15) is 5.10 Å². The highest BCUT2D eigenvalue weighted by molar-refractivity contribution is 6.06. The lowest BCUT2D eigenvalue weighted by molar-refractivity contribution is 0.0762. The summed E-state index contributed by atoms with van der Waals surface area (Å²) in [5.41, 5.74) is 3.62. The minimum Gasteiger partial charge on any atom is -0.339 e. The molecule has 1 atom stereocenters. The monoisotopic (exact) mass is 326 g/mol. The van der Waals surface area contributed by atoms with E-state index in [0.717, 1.165) is 53.9 Å². The van der Waals surface area contributed by atoms with Crippen LogP contribution in [0, 0.1) is 12.8 Å². The highest BCUT2D eigenvalue weighted by Crippen LogP contribution is 2.40. The van der Waals surface area contributed by atoms with Crippen LogP contribution in [0.5, 0.6) is 0 Å². The number of carbonyl (C=O) groups is 1. The van der Waals surface area contributed by atoms with Crippen LogP contribution in [-0.2, 0) is 7.05 Å². The van der Waals surface area contributed by atoms with E-state index >= 15 is 0 Å². The maximum Gasteiger partial charge on any atom is 0.254 e. The molecular formula is C19H26N4O.